The maximum Gasteiger partial charge on any atom is 0.421 e. The van der Waals surface area contributed by atoms with Gasteiger partial charge in [0.15, 0.2) is 5.60 Å². The van der Waals surface area contributed by atoms with E-state index in [2.05, 4.69) is 22.1 Å². The third-order valence-electron chi connectivity index (χ3n) is 7.02. The van der Waals surface area contributed by atoms with E-state index in [1.165, 1.54) is 12.1 Å². The quantitative estimate of drug-likeness (QED) is 0.610. The number of fused-ring (bicyclic) bond motifs is 1. The van der Waals surface area contributed by atoms with E-state index in [1.807, 2.05) is 5.01 Å². The summed E-state index contributed by atoms with van der Waals surface area (Å²) in [5, 5.41) is 17.7. The predicted octanol–water partition coefficient (Wildman–Crippen LogP) is 2.10. The molecule has 1 amide bonds. The number of nitrogens with zero attached hydrogens (tertiary/aromatic N) is 2. The highest BCUT2D eigenvalue weighted by Gasteiger charge is 2.53. The first-order valence-corrected chi connectivity index (χ1v) is 11.0. The minimum Gasteiger partial charge on any atom is -0.380 e. The summed E-state index contributed by atoms with van der Waals surface area (Å²) < 4.78 is 50.9. The Morgan fingerprint density at radius 3 is 2.61 bits per heavy atom. The first kappa shape index (κ1) is 23.8. The minimum absolute atomic E-state index is 0.0199. The molecule has 3 fully saturated rings. The number of anilines is 1. The molecular formula is C22H28F3N5O3. The van der Waals surface area contributed by atoms with Crippen LogP contribution in [0.25, 0.3) is 0 Å². The number of nitriles is 1. The van der Waals surface area contributed by atoms with Crippen LogP contribution >= 0.6 is 0 Å². The smallest absolute Gasteiger partial charge is 0.380 e. The van der Waals surface area contributed by atoms with Crippen molar-refractivity contribution in [3.05, 3.63) is 29.8 Å². The number of carbonyl (C=O) groups excluding carboxylic acids is 1. The third-order valence-corrected chi connectivity index (χ3v) is 7.02. The Labute approximate surface area is 190 Å². The number of hydrogen-bond acceptors (Lipinski definition) is 7. The SMILES string of the molecule is COC(C)(c1ccc(NC2NN([C@H]3COCC[C@@H]3C#N)C3CCNC(=O)C23)cc1)C(F)(F)F. The van der Waals surface area contributed by atoms with Crippen LogP contribution in [0.5, 0.6) is 0 Å². The van der Waals surface area contributed by atoms with Crippen molar-refractivity contribution in [2.45, 2.75) is 49.8 Å². The number of hydrazine groups is 1. The zero-order valence-electron chi connectivity index (χ0n) is 18.5. The summed E-state index contributed by atoms with van der Waals surface area (Å²) in [6, 6.07) is 7.86. The topological polar surface area (TPSA) is 98.7 Å². The van der Waals surface area contributed by atoms with E-state index in [0.717, 1.165) is 14.0 Å². The second-order valence-electron chi connectivity index (χ2n) is 8.81. The summed E-state index contributed by atoms with van der Waals surface area (Å²) in [4.78, 5) is 12.7. The van der Waals surface area contributed by atoms with E-state index in [9.17, 15) is 23.2 Å². The van der Waals surface area contributed by atoms with Gasteiger partial charge in [-0.3, -0.25) is 4.79 Å². The number of ether oxygens (including phenoxy) is 2. The van der Waals surface area contributed by atoms with Crippen LogP contribution in [0.3, 0.4) is 0 Å². The Morgan fingerprint density at radius 1 is 1.24 bits per heavy atom. The van der Waals surface area contributed by atoms with Crippen molar-refractivity contribution < 1.29 is 27.4 Å². The van der Waals surface area contributed by atoms with E-state index in [-0.39, 0.29) is 29.5 Å². The van der Waals surface area contributed by atoms with E-state index in [0.29, 0.717) is 38.3 Å². The van der Waals surface area contributed by atoms with E-state index >= 15 is 0 Å². The Hall–Kier alpha value is -2.39. The number of rotatable bonds is 5. The number of halogens is 3. The average molecular weight is 467 g/mol. The van der Waals surface area contributed by atoms with Crippen molar-refractivity contribution in [2.24, 2.45) is 11.8 Å². The van der Waals surface area contributed by atoms with Crippen LogP contribution in [0.15, 0.2) is 24.3 Å². The molecule has 8 nitrogen and oxygen atoms in total. The molecule has 1 aromatic carbocycles. The van der Waals surface area contributed by atoms with Crippen molar-refractivity contribution >= 4 is 11.6 Å². The number of carbonyl (C=O) groups is 1. The molecule has 0 saturated carbocycles. The molecule has 4 rings (SSSR count). The number of alkyl halides is 3. The second-order valence-corrected chi connectivity index (χ2v) is 8.81. The lowest BCUT2D eigenvalue weighted by Crippen LogP contribution is -2.56. The summed E-state index contributed by atoms with van der Waals surface area (Å²) in [7, 11) is 1.03. The van der Waals surface area contributed by atoms with Gasteiger partial charge in [0.1, 0.15) is 6.17 Å². The molecule has 3 aliphatic heterocycles. The largest absolute Gasteiger partial charge is 0.421 e. The van der Waals surface area contributed by atoms with Crippen LogP contribution in [0.4, 0.5) is 18.9 Å². The van der Waals surface area contributed by atoms with Gasteiger partial charge in [0.25, 0.3) is 0 Å². The Morgan fingerprint density at radius 2 is 1.97 bits per heavy atom. The van der Waals surface area contributed by atoms with E-state index in [4.69, 9.17) is 9.47 Å². The van der Waals surface area contributed by atoms with Crippen molar-refractivity contribution in [1.29, 1.82) is 5.26 Å². The monoisotopic (exact) mass is 467 g/mol. The summed E-state index contributed by atoms with van der Waals surface area (Å²) >= 11 is 0. The summed E-state index contributed by atoms with van der Waals surface area (Å²) in [6.07, 6.45) is -3.72. The lowest BCUT2D eigenvalue weighted by molar-refractivity contribution is -0.269. The van der Waals surface area contributed by atoms with Crippen LogP contribution in [0.2, 0.25) is 0 Å². The molecule has 3 heterocycles. The van der Waals surface area contributed by atoms with E-state index < -0.39 is 23.9 Å². The molecule has 6 atom stereocenters. The number of nitrogens with one attached hydrogen (secondary N) is 3. The number of methoxy groups -OCH3 is 1. The van der Waals surface area contributed by atoms with Gasteiger partial charge >= 0.3 is 6.18 Å². The first-order valence-electron chi connectivity index (χ1n) is 11.0. The number of amides is 1. The summed E-state index contributed by atoms with van der Waals surface area (Å²) in [5.41, 5.74) is 1.47. The summed E-state index contributed by atoms with van der Waals surface area (Å²) in [5.74, 6) is -0.757. The standard InChI is InChI=1S/C22H28F3N5O3/c1-21(32-2,22(23,24)25)14-3-5-15(6-4-14)28-19-18-16(7-9-27-20(18)31)30(29-19)17-12-33-10-8-13(17)11-26/h3-6,13,16-19,28-29H,7-10,12H2,1-2H3,(H,27,31)/t13-,16?,17+,18?,19?,21?/m1/s1. The van der Waals surface area contributed by atoms with Gasteiger partial charge in [-0.05, 0) is 37.5 Å². The van der Waals surface area contributed by atoms with Crippen molar-refractivity contribution in [1.82, 2.24) is 15.8 Å². The highest BCUT2D eigenvalue weighted by atomic mass is 19.4. The van der Waals surface area contributed by atoms with Crippen LogP contribution in [-0.4, -0.2) is 62.2 Å². The van der Waals surface area contributed by atoms with Gasteiger partial charge in [-0.2, -0.15) is 18.4 Å². The molecule has 0 radical (unpaired) electrons. The Balaban J connectivity index is 1.55. The van der Waals surface area contributed by atoms with Crippen LogP contribution in [0, 0.1) is 23.2 Å². The molecule has 0 spiro atoms. The maximum atomic E-state index is 13.5. The molecule has 0 aliphatic carbocycles. The highest BCUT2D eigenvalue weighted by molar-refractivity contribution is 5.82. The van der Waals surface area contributed by atoms with Crippen molar-refractivity contribution in [3.63, 3.8) is 0 Å². The van der Waals surface area contributed by atoms with E-state index in [1.54, 1.807) is 12.1 Å². The lowest BCUT2D eigenvalue weighted by atomic mass is 9.88. The van der Waals surface area contributed by atoms with Gasteiger partial charge in [-0.15, -0.1) is 0 Å². The van der Waals surface area contributed by atoms with Crippen molar-refractivity contribution in [3.8, 4) is 6.07 Å². The van der Waals surface area contributed by atoms with Gasteiger partial charge in [-0.25, -0.2) is 10.4 Å². The fourth-order valence-corrected chi connectivity index (χ4v) is 4.91. The van der Waals surface area contributed by atoms with Crippen LogP contribution in [0.1, 0.15) is 25.3 Å². The molecule has 3 saturated heterocycles. The fourth-order valence-electron chi connectivity index (χ4n) is 4.91. The van der Waals surface area contributed by atoms with Gasteiger partial charge < -0.3 is 20.1 Å². The molecular weight excluding hydrogens is 439 g/mol. The molecule has 11 heteroatoms. The van der Waals surface area contributed by atoms with Gasteiger partial charge in [0.2, 0.25) is 5.91 Å². The molecule has 0 aromatic heterocycles. The lowest BCUT2D eigenvalue weighted by Gasteiger charge is -2.39. The molecule has 180 valence electrons. The Kier molecular flexibility index (Phi) is 6.55. The number of piperidine rings is 1. The van der Waals surface area contributed by atoms with Gasteiger partial charge in [-0.1, -0.05) is 12.1 Å². The molecule has 3 aliphatic rings. The predicted molar refractivity (Wildman–Crippen MR) is 112 cm³/mol. The average Bonchev–Trinajstić information content (AvgIpc) is 3.17. The second kappa shape index (κ2) is 9.10. The third kappa shape index (κ3) is 4.28. The first-order chi connectivity index (χ1) is 15.7. The molecule has 3 N–H and O–H groups in total. The Bertz CT molecular complexity index is 906. The van der Waals surface area contributed by atoms with Crippen LogP contribution < -0.4 is 16.1 Å². The molecule has 33 heavy (non-hydrogen) atoms. The normalized spacial score (nSPS) is 32.4. The van der Waals surface area contributed by atoms with Crippen LogP contribution in [-0.2, 0) is 19.9 Å². The van der Waals surface area contributed by atoms with Crippen molar-refractivity contribution in [2.75, 3.05) is 32.2 Å². The molecule has 1 aromatic rings. The minimum atomic E-state index is -4.57. The zero-order chi connectivity index (χ0) is 23.8. The summed E-state index contributed by atoms with van der Waals surface area (Å²) in [6.45, 7) is 2.45. The highest BCUT2D eigenvalue weighted by Crippen LogP contribution is 2.42. The maximum absolute atomic E-state index is 13.5. The zero-order valence-corrected chi connectivity index (χ0v) is 18.5. The number of hydrogen-bond donors (Lipinski definition) is 3. The van der Waals surface area contributed by atoms with Gasteiger partial charge in [0, 0.05) is 32.0 Å². The molecule has 4 unspecified atom stereocenters. The number of benzene rings is 1. The molecule has 0 bridgehead atoms. The fraction of sp³-hybridized carbons (Fsp3) is 0.636. The van der Waals surface area contributed by atoms with Gasteiger partial charge in [0.05, 0.1) is 30.6 Å².